The number of carbonyl (C=O) groups is 1. The van der Waals surface area contributed by atoms with Gasteiger partial charge in [-0.3, -0.25) is 4.79 Å². The Bertz CT molecular complexity index is 885. The van der Waals surface area contributed by atoms with E-state index in [1.807, 2.05) is 30.3 Å². The molecule has 0 amide bonds. The first-order valence-electron chi connectivity index (χ1n) is 7.91. The van der Waals surface area contributed by atoms with Crippen LogP contribution in [0.2, 0.25) is 0 Å². The van der Waals surface area contributed by atoms with Crippen molar-refractivity contribution in [1.29, 1.82) is 0 Å². The van der Waals surface area contributed by atoms with Gasteiger partial charge in [-0.25, -0.2) is 0 Å². The summed E-state index contributed by atoms with van der Waals surface area (Å²) >= 11 is 0. The molecule has 0 heterocycles. The lowest BCUT2D eigenvalue weighted by Crippen LogP contribution is -2.04. The van der Waals surface area contributed by atoms with E-state index in [1.54, 1.807) is 18.2 Å². The topological polar surface area (TPSA) is 26.3 Å². The highest BCUT2D eigenvalue weighted by molar-refractivity contribution is 5.81. The summed E-state index contributed by atoms with van der Waals surface area (Å²) in [6.45, 7) is 0.314. The maximum absolute atomic E-state index is 12.8. The summed E-state index contributed by atoms with van der Waals surface area (Å²) in [5, 5.41) is 0. The van der Waals surface area contributed by atoms with E-state index in [1.165, 1.54) is 12.1 Å². The number of halogens is 3. The number of alkyl halides is 3. The van der Waals surface area contributed by atoms with Crippen molar-refractivity contribution in [3.05, 3.63) is 89.5 Å². The number of hydrogen-bond donors (Lipinski definition) is 0. The van der Waals surface area contributed by atoms with Crippen molar-refractivity contribution in [2.45, 2.75) is 12.8 Å². The predicted molar refractivity (Wildman–Crippen MR) is 93.0 cm³/mol. The summed E-state index contributed by atoms with van der Waals surface area (Å²) in [6, 6.07) is 19.2. The fourth-order valence-electron chi connectivity index (χ4n) is 2.55. The normalized spacial score (nSPS) is 11.2. The molecule has 0 atom stereocenters. The van der Waals surface area contributed by atoms with Crippen LogP contribution in [-0.2, 0) is 12.8 Å². The van der Waals surface area contributed by atoms with Crippen LogP contribution in [0.3, 0.4) is 0 Å². The third kappa shape index (κ3) is 4.11. The van der Waals surface area contributed by atoms with E-state index in [0.29, 0.717) is 35.3 Å². The number of rotatable bonds is 5. The average Bonchev–Trinajstić information content (AvgIpc) is 2.66. The average molecular weight is 356 g/mol. The van der Waals surface area contributed by atoms with Crippen LogP contribution in [0, 0.1) is 0 Å². The highest BCUT2D eigenvalue weighted by Crippen LogP contribution is 2.34. The summed E-state index contributed by atoms with van der Waals surface area (Å²) in [4.78, 5) is 11.1. The fraction of sp³-hybridized carbons (Fsp3) is 0.0952. The SMILES string of the molecule is O=Cc1ccc(OCc2ccccc2)c(-c2ccc(C(F)(F)F)cc2)c1. The van der Waals surface area contributed by atoms with Crippen LogP contribution in [0.25, 0.3) is 11.1 Å². The van der Waals surface area contributed by atoms with E-state index in [0.717, 1.165) is 17.7 Å². The second-order valence-corrected chi connectivity index (χ2v) is 5.72. The molecule has 0 radical (unpaired) electrons. The quantitative estimate of drug-likeness (QED) is 0.543. The van der Waals surface area contributed by atoms with E-state index in [2.05, 4.69) is 0 Å². The van der Waals surface area contributed by atoms with Gasteiger partial charge in [0.25, 0.3) is 0 Å². The first-order valence-corrected chi connectivity index (χ1v) is 7.91. The standard InChI is InChI=1S/C21H15F3O2/c22-21(23,24)18-9-7-17(8-10-18)19-12-16(13-25)6-11-20(19)26-14-15-4-2-1-3-5-15/h1-13H,14H2. The number of benzene rings is 3. The summed E-state index contributed by atoms with van der Waals surface area (Å²) < 4.78 is 44.1. The summed E-state index contributed by atoms with van der Waals surface area (Å²) in [5.74, 6) is 0.499. The highest BCUT2D eigenvalue weighted by atomic mass is 19.4. The number of carbonyl (C=O) groups excluding carboxylic acids is 1. The van der Waals surface area contributed by atoms with E-state index in [9.17, 15) is 18.0 Å². The van der Waals surface area contributed by atoms with Crippen molar-refractivity contribution in [3.8, 4) is 16.9 Å². The Hall–Kier alpha value is -3.08. The minimum absolute atomic E-state index is 0.314. The van der Waals surface area contributed by atoms with Crippen LogP contribution < -0.4 is 4.74 Å². The number of hydrogen-bond acceptors (Lipinski definition) is 2. The van der Waals surface area contributed by atoms with Gasteiger partial charge < -0.3 is 4.74 Å². The molecule has 3 aromatic rings. The maximum Gasteiger partial charge on any atom is 0.416 e. The summed E-state index contributed by atoms with van der Waals surface area (Å²) in [6.07, 6.45) is -3.70. The van der Waals surface area contributed by atoms with Gasteiger partial charge in [-0.1, -0.05) is 42.5 Å². The molecule has 0 bridgehead atoms. The Morgan fingerprint density at radius 3 is 2.19 bits per heavy atom. The van der Waals surface area contributed by atoms with Gasteiger partial charge >= 0.3 is 6.18 Å². The molecule has 0 spiro atoms. The molecule has 132 valence electrons. The van der Waals surface area contributed by atoms with Gasteiger partial charge in [0.05, 0.1) is 5.56 Å². The zero-order chi connectivity index (χ0) is 18.6. The first kappa shape index (κ1) is 17.7. The van der Waals surface area contributed by atoms with Gasteiger partial charge in [0.2, 0.25) is 0 Å². The van der Waals surface area contributed by atoms with Crippen LogP contribution in [-0.4, -0.2) is 6.29 Å². The Kier molecular flexibility index (Phi) is 5.07. The largest absolute Gasteiger partial charge is 0.488 e. The van der Waals surface area contributed by atoms with Crippen molar-refractivity contribution >= 4 is 6.29 Å². The molecule has 0 fully saturated rings. The second-order valence-electron chi connectivity index (χ2n) is 5.72. The van der Waals surface area contributed by atoms with Gasteiger partial charge in [-0.2, -0.15) is 13.2 Å². The third-order valence-electron chi connectivity index (χ3n) is 3.90. The van der Waals surface area contributed by atoms with Crippen LogP contribution >= 0.6 is 0 Å². The molecule has 0 aliphatic carbocycles. The molecule has 3 rings (SSSR count). The van der Waals surface area contributed by atoms with Gasteiger partial charge in [-0.05, 0) is 41.5 Å². The molecule has 0 aliphatic rings. The van der Waals surface area contributed by atoms with Crippen molar-refractivity contribution in [3.63, 3.8) is 0 Å². The minimum atomic E-state index is -4.39. The van der Waals surface area contributed by atoms with Crippen molar-refractivity contribution in [2.75, 3.05) is 0 Å². The second kappa shape index (κ2) is 7.44. The molecule has 3 aromatic carbocycles. The Morgan fingerprint density at radius 2 is 1.58 bits per heavy atom. The molecule has 0 aromatic heterocycles. The molecule has 26 heavy (non-hydrogen) atoms. The third-order valence-corrected chi connectivity index (χ3v) is 3.90. The fourth-order valence-corrected chi connectivity index (χ4v) is 2.55. The Morgan fingerprint density at radius 1 is 0.885 bits per heavy atom. The molecule has 0 saturated heterocycles. The van der Waals surface area contributed by atoms with Crippen molar-refractivity contribution in [2.24, 2.45) is 0 Å². The molecule has 0 saturated carbocycles. The van der Waals surface area contributed by atoms with E-state index >= 15 is 0 Å². The first-order chi connectivity index (χ1) is 12.5. The number of aldehydes is 1. The van der Waals surface area contributed by atoms with Gasteiger partial charge in [0, 0.05) is 11.1 Å². The lowest BCUT2D eigenvalue weighted by Gasteiger charge is -2.13. The van der Waals surface area contributed by atoms with Crippen LogP contribution in [0.5, 0.6) is 5.75 Å². The number of ether oxygens (including phenoxy) is 1. The van der Waals surface area contributed by atoms with E-state index < -0.39 is 11.7 Å². The monoisotopic (exact) mass is 356 g/mol. The maximum atomic E-state index is 12.8. The van der Waals surface area contributed by atoms with Gasteiger partial charge in [0.1, 0.15) is 18.6 Å². The molecular formula is C21H15F3O2. The molecule has 0 N–H and O–H groups in total. The molecular weight excluding hydrogens is 341 g/mol. The lowest BCUT2D eigenvalue weighted by atomic mass is 10.0. The molecule has 5 heteroatoms. The van der Waals surface area contributed by atoms with Crippen molar-refractivity contribution < 1.29 is 22.7 Å². The smallest absolute Gasteiger partial charge is 0.416 e. The summed E-state index contributed by atoms with van der Waals surface area (Å²) in [7, 11) is 0. The van der Waals surface area contributed by atoms with E-state index in [-0.39, 0.29) is 0 Å². The highest BCUT2D eigenvalue weighted by Gasteiger charge is 2.30. The van der Waals surface area contributed by atoms with Crippen LogP contribution in [0.15, 0.2) is 72.8 Å². The molecule has 0 aliphatic heterocycles. The lowest BCUT2D eigenvalue weighted by molar-refractivity contribution is -0.137. The zero-order valence-electron chi connectivity index (χ0n) is 13.7. The Balaban J connectivity index is 1.92. The molecule has 2 nitrogen and oxygen atoms in total. The van der Waals surface area contributed by atoms with Crippen LogP contribution in [0.4, 0.5) is 13.2 Å². The molecule has 0 unspecified atom stereocenters. The predicted octanol–water partition coefficient (Wildman–Crippen LogP) is 5.76. The van der Waals surface area contributed by atoms with Crippen LogP contribution in [0.1, 0.15) is 21.5 Å². The zero-order valence-corrected chi connectivity index (χ0v) is 13.7. The summed E-state index contributed by atoms with van der Waals surface area (Å²) in [5.41, 5.74) is 1.78. The van der Waals surface area contributed by atoms with E-state index in [4.69, 9.17) is 4.74 Å². The van der Waals surface area contributed by atoms with Crippen molar-refractivity contribution in [1.82, 2.24) is 0 Å². The van der Waals surface area contributed by atoms with Gasteiger partial charge in [0.15, 0.2) is 0 Å². The van der Waals surface area contributed by atoms with Gasteiger partial charge in [-0.15, -0.1) is 0 Å². The Labute approximate surface area is 148 Å². The minimum Gasteiger partial charge on any atom is -0.488 e.